The van der Waals surface area contributed by atoms with Crippen molar-refractivity contribution in [3.63, 3.8) is 0 Å². The van der Waals surface area contributed by atoms with Gasteiger partial charge in [-0.2, -0.15) is 5.10 Å². The molecule has 1 amide bonds. The summed E-state index contributed by atoms with van der Waals surface area (Å²) in [6.07, 6.45) is 13.0. The third kappa shape index (κ3) is 6.00. The third-order valence-corrected chi connectivity index (χ3v) is 5.06. The molecule has 1 aliphatic carbocycles. The van der Waals surface area contributed by atoms with E-state index in [4.69, 9.17) is 0 Å². The highest BCUT2D eigenvalue weighted by Gasteiger charge is 2.13. The molecule has 1 aromatic heterocycles. The molecular weight excluding hydrogens is 312 g/mol. The minimum Gasteiger partial charge on any atom is -0.352 e. The number of rotatable bonds is 8. The number of carbonyl (C=O) groups excluding carboxylic acids is 1. The van der Waals surface area contributed by atoms with Crippen LogP contribution in [0.3, 0.4) is 0 Å². The largest absolute Gasteiger partial charge is 0.352 e. The zero-order chi connectivity index (χ0) is 17.3. The van der Waals surface area contributed by atoms with Crippen LogP contribution in [-0.4, -0.2) is 20.7 Å². The van der Waals surface area contributed by atoms with Crippen LogP contribution in [0.2, 0.25) is 0 Å². The van der Waals surface area contributed by atoms with Gasteiger partial charge < -0.3 is 5.32 Å². The SMILES string of the molecule is O=C(CCCC1CCCCC1)NCc1ccc(Cn2cncn2)cc1. The van der Waals surface area contributed by atoms with Crippen molar-refractivity contribution < 1.29 is 4.79 Å². The Morgan fingerprint density at radius 2 is 1.88 bits per heavy atom. The van der Waals surface area contributed by atoms with Crippen LogP contribution in [0.5, 0.6) is 0 Å². The maximum Gasteiger partial charge on any atom is 0.220 e. The molecular formula is C20H28N4O. The summed E-state index contributed by atoms with van der Waals surface area (Å²) in [6.45, 7) is 1.32. The van der Waals surface area contributed by atoms with E-state index in [1.54, 1.807) is 11.0 Å². The first-order chi connectivity index (χ1) is 12.3. The van der Waals surface area contributed by atoms with Crippen molar-refractivity contribution in [2.24, 2.45) is 5.92 Å². The van der Waals surface area contributed by atoms with E-state index >= 15 is 0 Å². The third-order valence-electron chi connectivity index (χ3n) is 5.06. The fraction of sp³-hybridized carbons (Fsp3) is 0.550. The van der Waals surface area contributed by atoms with E-state index in [1.807, 2.05) is 0 Å². The predicted octanol–water partition coefficient (Wildman–Crippen LogP) is 3.69. The molecule has 2 aromatic rings. The lowest BCUT2D eigenvalue weighted by atomic mass is 9.86. The Labute approximate surface area is 149 Å². The van der Waals surface area contributed by atoms with Gasteiger partial charge in [0.15, 0.2) is 0 Å². The summed E-state index contributed by atoms with van der Waals surface area (Å²) >= 11 is 0. The molecule has 0 atom stereocenters. The van der Waals surface area contributed by atoms with Gasteiger partial charge in [0, 0.05) is 13.0 Å². The van der Waals surface area contributed by atoms with E-state index in [2.05, 4.69) is 39.7 Å². The molecule has 0 bridgehead atoms. The topological polar surface area (TPSA) is 59.8 Å². The van der Waals surface area contributed by atoms with E-state index in [9.17, 15) is 4.79 Å². The lowest BCUT2D eigenvalue weighted by Crippen LogP contribution is -2.22. The summed E-state index contributed by atoms with van der Waals surface area (Å²) in [4.78, 5) is 16.0. The van der Waals surface area contributed by atoms with Crippen molar-refractivity contribution in [3.05, 3.63) is 48.0 Å². The van der Waals surface area contributed by atoms with Crippen LogP contribution in [-0.2, 0) is 17.9 Å². The highest BCUT2D eigenvalue weighted by Crippen LogP contribution is 2.27. The average molecular weight is 340 g/mol. The first-order valence-electron chi connectivity index (χ1n) is 9.46. The standard InChI is InChI=1S/C20H28N4O/c25-20(8-4-7-17-5-2-1-3-6-17)22-13-18-9-11-19(12-10-18)14-24-16-21-15-23-24/h9-12,15-17H,1-8,13-14H2,(H,22,25). The summed E-state index contributed by atoms with van der Waals surface area (Å²) in [7, 11) is 0. The van der Waals surface area contributed by atoms with E-state index in [-0.39, 0.29) is 5.91 Å². The van der Waals surface area contributed by atoms with Gasteiger partial charge in [-0.25, -0.2) is 9.67 Å². The molecule has 3 rings (SSSR count). The minimum absolute atomic E-state index is 0.169. The number of hydrogen-bond acceptors (Lipinski definition) is 3. The molecule has 1 N–H and O–H groups in total. The van der Waals surface area contributed by atoms with Gasteiger partial charge in [-0.05, 0) is 29.9 Å². The van der Waals surface area contributed by atoms with Gasteiger partial charge >= 0.3 is 0 Å². The van der Waals surface area contributed by atoms with Crippen LogP contribution in [0.25, 0.3) is 0 Å². The molecule has 0 aliphatic heterocycles. The number of hydrogen-bond donors (Lipinski definition) is 1. The van der Waals surface area contributed by atoms with Gasteiger partial charge in [-0.1, -0.05) is 56.4 Å². The second-order valence-corrected chi connectivity index (χ2v) is 7.08. The van der Waals surface area contributed by atoms with Gasteiger partial charge in [0.1, 0.15) is 12.7 Å². The first-order valence-corrected chi connectivity index (χ1v) is 9.46. The molecule has 1 aliphatic rings. The second-order valence-electron chi connectivity index (χ2n) is 7.08. The molecule has 0 spiro atoms. The van der Waals surface area contributed by atoms with Crippen LogP contribution in [0, 0.1) is 5.92 Å². The van der Waals surface area contributed by atoms with Gasteiger partial charge in [0.2, 0.25) is 5.91 Å². The Bertz CT molecular complexity index is 630. The number of nitrogens with one attached hydrogen (secondary N) is 1. The van der Waals surface area contributed by atoms with Crippen LogP contribution < -0.4 is 5.32 Å². The number of carbonyl (C=O) groups is 1. The van der Waals surface area contributed by atoms with Crippen LogP contribution >= 0.6 is 0 Å². The Morgan fingerprint density at radius 3 is 2.60 bits per heavy atom. The van der Waals surface area contributed by atoms with Crippen molar-refractivity contribution >= 4 is 5.91 Å². The fourth-order valence-corrected chi connectivity index (χ4v) is 3.58. The summed E-state index contributed by atoms with van der Waals surface area (Å²) in [5, 5.41) is 7.14. The minimum atomic E-state index is 0.169. The Morgan fingerprint density at radius 1 is 1.12 bits per heavy atom. The summed E-state index contributed by atoms with van der Waals surface area (Å²) < 4.78 is 1.79. The highest BCUT2D eigenvalue weighted by atomic mass is 16.1. The number of aromatic nitrogens is 3. The van der Waals surface area contributed by atoms with Crippen LogP contribution in [0.4, 0.5) is 0 Å². The number of amides is 1. The normalized spacial score (nSPS) is 15.2. The highest BCUT2D eigenvalue weighted by molar-refractivity contribution is 5.75. The van der Waals surface area contributed by atoms with E-state index in [1.165, 1.54) is 50.4 Å². The van der Waals surface area contributed by atoms with E-state index in [0.29, 0.717) is 19.5 Å². The number of nitrogens with zero attached hydrogens (tertiary/aromatic N) is 3. The Kier molecular flexibility index (Phi) is 6.60. The van der Waals surface area contributed by atoms with Crippen molar-refractivity contribution in [1.82, 2.24) is 20.1 Å². The van der Waals surface area contributed by atoms with Gasteiger partial charge in [-0.15, -0.1) is 0 Å². The smallest absolute Gasteiger partial charge is 0.220 e. The number of benzene rings is 1. The molecule has 1 heterocycles. The molecule has 134 valence electrons. The lowest BCUT2D eigenvalue weighted by Gasteiger charge is -2.21. The van der Waals surface area contributed by atoms with Gasteiger partial charge in [-0.3, -0.25) is 4.79 Å². The van der Waals surface area contributed by atoms with E-state index in [0.717, 1.165) is 17.9 Å². The zero-order valence-electron chi connectivity index (χ0n) is 14.9. The first kappa shape index (κ1) is 17.6. The maximum absolute atomic E-state index is 12.0. The quantitative estimate of drug-likeness (QED) is 0.797. The molecule has 0 radical (unpaired) electrons. The van der Waals surface area contributed by atoms with Crippen LogP contribution in [0.15, 0.2) is 36.9 Å². The molecule has 1 aromatic carbocycles. The molecule has 1 fully saturated rings. The summed E-state index contributed by atoms with van der Waals surface area (Å²) in [5.74, 6) is 1.03. The van der Waals surface area contributed by atoms with Crippen molar-refractivity contribution in [2.75, 3.05) is 0 Å². The average Bonchev–Trinajstić information content (AvgIpc) is 3.15. The van der Waals surface area contributed by atoms with Crippen molar-refractivity contribution in [1.29, 1.82) is 0 Å². The summed E-state index contributed by atoms with van der Waals surface area (Å²) in [5.41, 5.74) is 2.30. The van der Waals surface area contributed by atoms with Gasteiger partial charge in [0.05, 0.1) is 6.54 Å². The Balaban J connectivity index is 1.34. The maximum atomic E-state index is 12.0. The summed E-state index contributed by atoms with van der Waals surface area (Å²) in [6, 6.07) is 8.28. The molecule has 1 saturated carbocycles. The second kappa shape index (κ2) is 9.35. The fourth-order valence-electron chi connectivity index (χ4n) is 3.58. The molecule has 25 heavy (non-hydrogen) atoms. The molecule has 0 unspecified atom stereocenters. The molecule has 5 heteroatoms. The molecule has 5 nitrogen and oxygen atoms in total. The van der Waals surface area contributed by atoms with E-state index < -0.39 is 0 Å². The van der Waals surface area contributed by atoms with Crippen LogP contribution in [0.1, 0.15) is 62.5 Å². The lowest BCUT2D eigenvalue weighted by molar-refractivity contribution is -0.121. The van der Waals surface area contributed by atoms with Crippen molar-refractivity contribution in [3.8, 4) is 0 Å². The van der Waals surface area contributed by atoms with Gasteiger partial charge in [0.25, 0.3) is 0 Å². The monoisotopic (exact) mass is 340 g/mol. The zero-order valence-corrected chi connectivity index (χ0v) is 14.9. The molecule has 0 saturated heterocycles. The van der Waals surface area contributed by atoms with Crippen molar-refractivity contribution in [2.45, 2.75) is 64.5 Å². The predicted molar refractivity (Wildman–Crippen MR) is 97.8 cm³/mol. The Hall–Kier alpha value is -2.17.